The number of carbonyl (C=O) groups excluding carboxylic acids is 1. The van der Waals surface area contributed by atoms with E-state index < -0.39 is 0 Å². The van der Waals surface area contributed by atoms with Crippen molar-refractivity contribution in [2.24, 2.45) is 0 Å². The van der Waals surface area contributed by atoms with Gasteiger partial charge in [0.05, 0.1) is 11.0 Å². The van der Waals surface area contributed by atoms with Gasteiger partial charge in [-0.15, -0.1) is 0 Å². The second-order valence-corrected chi connectivity index (χ2v) is 7.58. The Labute approximate surface area is 160 Å². The van der Waals surface area contributed by atoms with Crippen LogP contribution in [0.3, 0.4) is 0 Å². The summed E-state index contributed by atoms with van der Waals surface area (Å²) in [5.41, 5.74) is 5.28. The Bertz CT molecular complexity index is 950. The first kappa shape index (κ1) is 17.6. The summed E-state index contributed by atoms with van der Waals surface area (Å²) >= 11 is 0. The fourth-order valence-corrected chi connectivity index (χ4v) is 3.68. The van der Waals surface area contributed by atoms with E-state index in [1.165, 1.54) is 11.3 Å². The number of H-pyrrole nitrogens is 1. The first-order valence-electron chi connectivity index (χ1n) is 9.62. The normalized spacial score (nSPS) is 15.0. The van der Waals surface area contributed by atoms with E-state index >= 15 is 0 Å². The molecule has 0 aliphatic carbocycles. The van der Waals surface area contributed by atoms with Crippen LogP contribution in [-0.4, -0.2) is 47.0 Å². The number of benzene rings is 2. The van der Waals surface area contributed by atoms with Gasteiger partial charge < -0.3 is 14.8 Å². The Morgan fingerprint density at radius 2 is 1.74 bits per heavy atom. The number of anilines is 1. The Morgan fingerprint density at radius 3 is 2.41 bits per heavy atom. The lowest BCUT2D eigenvalue weighted by Gasteiger charge is -2.36. The van der Waals surface area contributed by atoms with E-state index in [0.717, 1.165) is 48.6 Å². The molecular weight excluding hydrogens is 336 g/mol. The summed E-state index contributed by atoms with van der Waals surface area (Å²) in [6.07, 6.45) is 0. The fourth-order valence-electron chi connectivity index (χ4n) is 3.68. The van der Waals surface area contributed by atoms with Crippen LogP contribution in [0.25, 0.3) is 11.0 Å². The second kappa shape index (κ2) is 7.06. The van der Waals surface area contributed by atoms with E-state index in [2.05, 4.69) is 59.0 Å². The fraction of sp³-hybridized carbons (Fsp3) is 0.364. The lowest BCUT2D eigenvalue weighted by atomic mass is 10.0. The van der Waals surface area contributed by atoms with Gasteiger partial charge in [0, 0.05) is 37.4 Å². The highest BCUT2D eigenvalue weighted by Crippen LogP contribution is 2.23. The van der Waals surface area contributed by atoms with Gasteiger partial charge >= 0.3 is 0 Å². The molecule has 2 heterocycles. The van der Waals surface area contributed by atoms with E-state index in [9.17, 15) is 4.79 Å². The van der Waals surface area contributed by atoms with Crippen molar-refractivity contribution in [1.29, 1.82) is 0 Å². The molecule has 140 valence electrons. The van der Waals surface area contributed by atoms with E-state index in [1.54, 1.807) is 0 Å². The summed E-state index contributed by atoms with van der Waals surface area (Å²) in [6.45, 7) is 9.46. The summed E-state index contributed by atoms with van der Waals surface area (Å²) in [6, 6.07) is 14.4. The van der Waals surface area contributed by atoms with Crippen molar-refractivity contribution >= 4 is 22.6 Å². The summed E-state index contributed by atoms with van der Waals surface area (Å²) in [4.78, 5) is 24.8. The number of hydrogen-bond donors (Lipinski definition) is 1. The van der Waals surface area contributed by atoms with Crippen LogP contribution in [0.15, 0.2) is 42.5 Å². The molecule has 4 rings (SSSR count). The molecule has 0 saturated carbocycles. The molecule has 5 nitrogen and oxygen atoms in total. The lowest BCUT2D eigenvalue weighted by molar-refractivity contribution is 0.0747. The molecular formula is C22H26N4O. The predicted molar refractivity (Wildman–Crippen MR) is 109 cm³/mol. The SMILES string of the molecule is Cc1nc2ccc(N3CCN(C(=O)c4ccc(C(C)C)cc4)CC3)cc2[nH]1. The molecule has 5 heteroatoms. The van der Waals surface area contributed by atoms with Gasteiger partial charge in [0.2, 0.25) is 0 Å². The molecule has 1 fully saturated rings. The molecule has 1 aliphatic rings. The van der Waals surface area contributed by atoms with E-state index in [-0.39, 0.29) is 5.91 Å². The van der Waals surface area contributed by atoms with Crippen LogP contribution < -0.4 is 4.90 Å². The maximum Gasteiger partial charge on any atom is 0.253 e. The van der Waals surface area contributed by atoms with Crippen molar-refractivity contribution in [1.82, 2.24) is 14.9 Å². The molecule has 1 N–H and O–H groups in total. The Hall–Kier alpha value is -2.82. The molecule has 27 heavy (non-hydrogen) atoms. The van der Waals surface area contributed by atoms with Crippen molar-refractivity contribution < 1.29 is 4.79 Å². The van der Waals surface area contributed by atoms with Crippen LogP contribution in [0.1, 0.15) is 41.5 Å². The number of piperazine rings is 1. The van der Waals surface area contributed by atoms with Crippen LogP contribution in [0.5, 0.6) is 0 Å². The van der Waals surface area contributed by atoms with Crippen molar-refractivity contribution in [3.8, 4) is 0 Å². The number of amides is 1. The summed E-state index contributed by atoms with van der Waals surface area (Å²) < 4.78 is 0. The number of aromatic amines is 1. The van der Waals surface area contributed by atoms with Crippen LogP contribution in [0.2, 0.25) is 0 Å². The monoisotopic (exact) mass is 362 g/mol. The topological polar surface area (TPSA) is 52.2 Å². The average Bonchev–Trinajstić information content (AvgIpc) is 3.07. The van der Waals surface area contributed by atoms with Crippen LogP contribution >= 0.6 is 0 Å². The third-order valence-electron chi connectivity index (χ3n) is 5.34. The van der Waals surface area contributed by atoms with Gasteiger partial charge in [-0.1, -0.05) is 26.0 Å². The minimum absolute atomic E-state index is 0.129. The molecule has 2 aromatic carbocycles. The van der Waals surface area contributed by atoms with Crippen LogP contribution in [0, 0.1) is 6.92 Å². The zero-order valence-electron chi connectivity index (χ0n) is 16.2. The predicted octanol–water partition coefficient (Wildman–Crippen LogP) is 3.96. The largest absolute Gasteiger partial charge is 0.368 e. The molecule has 1 aromatic heterocycles. The van der Waals surface area contributed by atoms with Crippen molar-refractivity contribution in [2.75, 3.05) is 31.1 Å². The molecule has 1 amide bonds. The minimum atomic E-state index is 0.129. The molecule has 0 spiro atoms. The number of aryl methyl sites for hydroxylation is 1. The highest BCUT2D eigenvalue weighted by Gasteiger charge is 2.22. The zero-order chi connectivity index (χ0) is 19.0. The zero-order valence-corrected chi connectivity index (χ0v) is 16.2. The number of carbonyl (C=O) groups is 1. The van der Waals surface area contributed by atoms with Gasteiger partial charge in [-0.3, -0.25) is 4.79 Å². The van der Waals surface area contributed by atoms with Gasteiger partial charge in [0.25, 0.3) is 5.91 Å². The van der Waals surface area contributed by atoms with Gasteiger partial charge in [-0.2, -0.15) is 0 Å². The molecule has 1 aliphatic heterocycles. The standard InChI is InChI=1S/C22H26N4O/c1-15(2)17-4-6-18(7-5-17)22(27)26-12-10-25(11-13-26)19-8-9-20-21(14-19)24-16(3)23-20/h4-9,14-15H,10-13H2,1-3H3,(H,23,24). The van der Waals surface area contributed by atoms with Crippen molar-refractivity contribution in [3.63, 3.8) is 0 Å². The van der Waals surface area contributed by atoms with E-state index in [0.29, 0.717) is 5.92 Å². The summed E-state index contributed by atoms with van der Waals surface area (Å²) in [5.74, 6) is 1.54. The lowest BCUT2D eigenvalue weighted by Crippen LogP contribution is -2.48. The Morgan fingerprint density at radius 1 is 1.04 bits per heavy atom. The Kier molecular flexibility index (Phi) is 4.60. The van der Waals surface area contributed by atoms with Crippen molar-refractivity contribution in [3.05, 3.63) is 59.4 Å². The highest BCUT2D eigenvalue weighted by molar-refractivity contribution is 5.94. The molecule has 0 atom stereocenters. The van der Waals surface area contributed by atoms with Crippen LogP contribution in [-0.2, 0) is 0 Å². The first-order valence-corrected chi connectivity index (χ1v) is 9.62. The smallest absolute Gasteiger partial charge is 0.253 e. The second-order valence-electron chi connectivity index (χ2n) is 7.58. The number of nitrogens with one attached hydrogen (secondary N) is 1. The van der Waals surface area contributed by atoms with E-state index in [4.69, 9.17) is 0 Å². The molecule has 3 aromatic rings. The number of nitrogens with zero attached hydrogens (tertiary/aromatic N) is 3. The van der Waals surface area contributed by atoms with Crippen molar-refractivity contribution in [2.45, 2.75) is 26.7 Å². The molecule has 0 bridgehead atoms. The molecule has 0 unspecified atom stereocenters. The molecule has 0 radical (unpaired) electrons. The third kappa shape index (κ3) is 3.54. The maximum atomic E-state index is 12.8. The summed E-state index contributed by atoms with van der Waals surface area (Å²) in [5, 5.41) is 0. The average molecular weight is 362 g/mol. The quantitative estimate of drug-likeness (QED) is 0.767. The van der Waals surface area contributed by atoms with Gasteiger partial charge in [-0.25, -0.2) is 4.98 Å². The van der Waals surface area contributed by atoms with Crippen LogP contribution in [0.4, 0.5) is 5.69 Å². The third-order valence-corrected chi connectivity index (χ3v) is 5.34. The number of fused-ring (bicyclic) bond motifs is 1. The first-order chi connectivity index (χ1) is 13.0. The molecule has 1 saturated heterocycles. The van der Waals surface area contributed by atoms with Gasteiger partial charge in [0.15, 0.2) is 0 Å². The van der Waals surface area contributed by atoms with Gasteiger partial charge in [-0.05, 0) is 48.7 Å². The maximum absolute atomic E-state index is 12.8. The Balaban J connectivity index is 1.42. The number of imidazole rings is 1. The summed E-state index contributed by atoms with van der Waals surface area (Å²) in [7, 11) is 0. The number of aromatic nitrogens is 2. The number of hydrogen-bond acceptors (Lipinski definition) is 3. The van der Waals surface area contributed by atoms with E-state index in [1.807, 2.05) is 24.0 Å². The van der Waals surface area contributed by atoms with Gasteiger partial charge in [0.1, 0.15) is 5.82 Å². The highest BCUT2D eigenvalue weighted by atomic mass is 16.2. The minimum Gasteiger partial charge on any atom is -0.368 e. The number of rotatable bonds is 3.